The maximum atomic E-state index is 12.3. The molecule has 2 rings (SSSR count). The van der Waals surface area contributed by atoms with Crippen molar-refractivity contribution in [2.45, 2.75) is 36.4 Å². The van der Waals surface area contributed by atoms with Crippen molar-refractivity contribution in [3.63, 3.8) is 0 Å². The molecule has 1 amide bonds. The van der Waals surface area contributed by atoms with Crippen LogP contribution in [0.1, 0.15) is 31.0 Å². The molecule has 1 aromatic carbocycles. The van der Waals surface area contributed by atoms with Crippen LogP contribution in [0.2, 0.25) is 0 Å². The number of alkyl halides is 1. The van der Waals surface area contributed by atoms with Crippen molar-refractivity contribution in [1.82, 2.24) is 5.32 Å². The summed E-state index contributed by atoms with van der Waals surface area (Å²) >= 11 is 6.29. The third-order valence-electron chi connectivity index (χ3n) is 3.93. The normalized spacial score (nSPS) is 22.4. The van der Waals surface area contributed by atoms with Crippen LogP contribution in [0.3, 0.4) is 0 Å². The minimum absolute atomic E-state index is 0.258. The van der Waals surface area contributed by atoms with Crippen molar-refractivity contribution < 1.29 is 13.2 Å². The summed E-state index contributed by atoms with van der Waals surface area (Å²) in [5.41, 5.74) is 2.06. The second-order valence-electron chi connectivity index (χ2n) is 5.65. The zero-order chi connectivity index (χ0) is 15.1. The van der Waals surface area contributed by atoms with E-state index in [0.717, 1.165) is 17.4 Å². The summed E-state index contributed by atoms with van der Waals surface area (Å²) in [6.45, 7) is 2.81. The second-order valence-corrected chi connectivity index (χ2v) is 8.78. The minimum atomic E-state index is -3.49. The number of sulfone groups is 1. The molecule has 20 heavy (non-hydrogen) atoms. The summed E-state index contributed by atoms with van der Waals surface area (Å²) in [5, 5.41) is 2.52. The lowest BCUT2D eigenvalue weighted by Gasteiger charge is -2.25. The number of carbonyl (C=O) groups is 1. The van der Waals surface area contributed by atoms with Gasteiger partial charge in [0.1, 0.15) is 4.75 Å². The molecule has 0 aromatic heterocycles. The summed E-state index contributed by atoms with van der Waals surface area (Å²) in [5.74, 6) is -0.521. The lowest BCUT2D eigenvalue weighted by molar-refractivity contribution is -0.123. The first-order valence-electron chi connectivity index (χ1n) is 6.37. The van der Waals surface area contributed by atoms with Crippen molar-refractivity contribution in [2.24, 2.45) is 0 Å². The smallest absolute Gasteiger partial charge is 0.241 e. The van der Waals surface area contributed by atoms with Crippen LogP contribution in [0.4, 0.5) is 0 Å². The molecule has 1 aliphatic carbocycles. The standard InChI is InChI=1S/C14H18ClNO3S/c1-14(2,20(3,18)19)13(17)16-12-10-7-5-4-6-9(10)8-11(12)15/h4-7,11-12H,8H2,1-3H3,(H,16,17). The van der Waals surface area contributed by atoms with Crippen LogP contribution in [0.15, 0.2) is 24.3 Å². The molecule has 4 nitrogen and oxygen atoms in total. The van der Waals surface area contributed by atoms with Crippen LogP contribution < -0.4 is 5.32 Å². The van der Waals surface area contributed by atoms with Gasteiger partial charge in [-0.25, -0.2) is 8.42 Å². The van der Waals surface area contributed by atoms with Crippen LogP contribution in [-0.4, -0.2) is 30.7 Å². The Bertz CT molecular complexity index is 640. The molecule has 110 valence electrons. The van der Waals surface area contributed by atoms with Gasteiger partial charge in [-0.3, -0.25) is 4.79 Å². The molecule has 0 radical (unpaired) electrons. The molecule has 0 bridgehead atoms. The summed E-state index contributed by atoms with van der Waals surface area (Å²) in [7, 11) is -3.49. The highest BCUT2D eigenvalue weighted by Gasteiger charge is 2.41. The van der Waals surface area contributed by atoms with E-state index in [4.69, 9.17) is 11.6 Å². The molecule has 2 atom stereocenters. The van der Waals surface area contributed by atoms with Gasteiger partial charge in [0.05, 0.1) is 11.4 Å². The van der Waals surface area contributed by atoms with Gasteiger partial charge in [0.2, 0.25) is 5.91 Å². The van der Waals surface area contributed by atoms with Crippen LogP contribution in [-0.2, 0) is 21.1 Å². The number of amides is 1. The third kappa shape index (κ3) is 2.56. The predicted molar refractivity (Wildman–Crippen MR) is 79.6 cm³/mol. The summed E-state index contributed by atoms with van der Waals surface area (Å²) in [6.07, 6.45) is 1.73. The van der Waals surface area contributed by atoms with Gasteiger partial charge >= 0.3 is 0 Å². The van der Waals surface area contributed by atoms with Gasteiger partial charge in [-0.1, -0.05) is 24.3 Å². The lowest BCUT2D eigenvalue weighted by Crippen LogP contribution is -2.49. The average Bonchev–Trinajstić information content (AvgIpc) is 2.64. The van der Waals surface area contributed by atoms with E-state index in [2.05, 4.69) is 5.32 Å². The molecule has 0 spiro atoms. The SMILES string of the molecule is CC(C)(C(=O)NC1c2ccccc2CC1Cl)S(C)(=O)=O. The largest absolute Gasteiger partial charge is 0.346 e. The molecule has 1 aliphatic rings. The first-order chi connectivity index (χ1) is 9.14. The number of hydrogen-bond donors (Lipinski definition) is 1. The molecule has 0 heterocycles. The van der Waals surface area contributed by atoms with Crippen molar-refractivity contribution >= 4 is 27.3 Å². The summed E-state index contributed by atoms with van der Waals surface area (Å²) < 4.78 is 21.9. The van der Waals surface area contributed by atoms with E-state index in [1.807, 2.05) is 24.3 Å². The number of benzene rings is 1. The highest BCUT2D eigenvalue weighted by atomic mass is 35.5. The van der Waals surface area contributed by atoms with Crippen LogP contribution in [0.25, 0.3) is 0 Å². The molecule has 2 unspecified atom stereocenters. The topological polar surface area (TPSA) is 63.2 Å². The van der Waals surface area contributed by atoms with E-state index in [9.17, 15) is 13.2 Å². The van der Waals surface area contributed by atoms with E-state index in [-0.39, 0.29) is 11.4 Å². The maximum Gasteiger partial charge on any atom is 0.241 e. The Morgan fingerprint density at radius 3 is 2.55 bits per heavy atom. The fraction of sp³-hybridized carbons (Fsp3) is 0.500. The zero-order valence-electron chi connectivity index (χ0n) is 11.7. The van der Waals surface area contributed by atoms with Crippen molar-refractivity contribution in [1.29, 1.82) is 0 Å². The van der Waals surface area contributed by atoms with Crippen molar-refractivity contribution in [3.05, 3.63) is 35.4 Å². The molecule has 1 N–H and O–H groups in total. The molecular weight excluding hydrogens is 298 g/mol. The van der Waals surface area contributed by atoms with Gasteiger partial charge < -0.3 is 5.32 Å². The van der Waals surface area contributed by atoms with E-state index < -0.39 is 20.5 Å². The number of fused-ring (bicyclic) bond motifs is 1. The Morgan fingerprint density at radius 1 is 1.35 bits per heavy atom. The first kappa shape index (κ1) is 15.3. The van der Waals surface area contributed by atoms with Gasteiger partial charge in [-0.15, -0.1) is 11.6 Å². The van der Waals surface area contributed by atoms with Crippen molar-refractivity contribution in [2.75, 3.05) is 6.26 Å². The number of hydrogen-bond acceptors (Lipinski definition) is 3. The molecule has 0 fully saturated rings. The predicted octanol–water partition coefficient (Wildman–Crippen LogP) is 1.83. The average molecular weight is 316 g/mol. The molecular formula is C14H18ClNO3S. The van der Waals surface area contributed by atoms with Gasteiger partial charge in [0.25, 0.3) is 0 Å². The monoisotopic (exact) mass is 315 g/mol. The first-order valence-corrected chi connectivity index (χ1v) is 8.70. The van der Waals surface area contributed by atoms with Gasteiger partial charge in [0, 0.05) is 6.26 Å². The lowest BCUT2D eigenvalue weighted by atomic mass is 10.1. The van der Waals surface area contributed by atoms with E-state index >= 15 is 0 Å². The van der Waals surface area contributed by atoms with Crippen LogP contribution >= 0.6 is 11.6 Å². The van der Waals surface area contributed by atoms with E-state index in [1.165, 1.54) is 13.8 Å². The summed E-state index contributed by atoms with van der Waals surface area (Å²) in [6, 6.07) is 7.34. The molecule has 1 aromatic rings. The van der Waals surface area contributed by atoms with Crippen LogP contribution in [0.5, 0.6) is 0 Å². The van der Waals surface area contributed by atoms with E-state index in [0.29, 0.717) is 6.42 Å². The van der Waals surface area contributed by atoms with E-state index in [1.54, 1.807) is 0 Å². The van der Waals surface area contributed by atoms with Crippen molar-refractivity contribution in [3.8, 4) is 0 Å². The molecule has 0 aliphatic heterocycles. The van der Waals surface area contributed by atoms with Crippen LogP contribution in [0, 0.1) is 0 Å². The minimum Gasteiger partial charge on any atom is -0.346 e. The highest BCUT2D eigenvalue weighted by molar-refractivity contribution is 7.92. The molecule has 0 saturated heterocycles. The second kappa shape index (κ2) is 5.04. The number of halogens is 1. The fourth-order valence-electron chi connectivity index (χ4n) is 2.20. The van der Waals surface area contributed by atoms with Gasteiger partial charge in [-0.05, 0) is 31.4 Å². The Kier molecular flexibility index (Phi) is 3.86. The summed E-state index contributed by atoms with van der Waals surface area (Å²) in [4.78, 5) is 12.3. The highest BCUT2D eigenvalue weighted by Crippen LogP contribution is 2.35. The molecule has 6 heteroatoms. The van der Waals surface area contributed by atoms with Gasteiger partial charge in [-0.2, -0.15) is 0 Å². The zero-order valence-corrected chi connectivity index (χ0v) is 13.3. The Balaban J connectivity index is 2.25. The number of rotatable bonds is 3. The number of nitrogens with one attached hydrogen (secondary N) is 1. The third-order valence-corrected chi connectivity index (χ3v) is 6.37. The fourth-order valence-corrected chi connectivity index (χ4v) is 2.96. The number of carbonyl (C=O) groups excluding carboxylic acids is 1. The Labute approximate surface area is 124 Å². The Morgan fingerprint density at radius 2 is 1.95 bits per heavy atom. The Hall–Kier alpha value is -1.07. The molecule has 0 saturated carbocycles. The quantitative estimate of drug-likeness (QED) is 0.866. The maximum absolute atomic E-state index is 12.3. The van der Waals surface area contributed by atoms with Gasteiger partial charge in [0.15, 0.2) is 9.84 Å².